The first kappa shape index (κ1) is 15.7. The molecular weight excluding hydrogens is 334 g/mol. The van der Waals surface area contributed by atoms with Gasteiger partial charge in [0.15, 0.2) is 5.82 Å². The van der Waals surface area contributed by atoms with Gasteiger partial charge in [0.05, 0.1) is 0 Å². The van der Waals surface area contributed by atoms with Gasteiger partial charge in [0.2, 0.25) is 5.88 Å². The summed E-state index contributed by atoms with van der Waals surface area (Å²) >= 11 is 3.42. The monoisotopic (exact) mass is 351 g/mol. The van der Waals surface area contributed by atoms with Crippen LogP contribution in [0.4, 0.5) is 5.82 Å². The molecule has 112 valence electrons. The number of nitrogens with zero attached hydrogens (tertiary/aromatic N) is 2. The molecule has 0 unspecified atom stereocenters. The van der Waals surface area contributed by atoms with Crippen LogP contribution in [0.1, 0.15) is 19.2 Å². The molecule has 2 aromatic rings. The Labute approximate surface area is 132 Å². The predicted octanol–water partition coefficient (Wildman–Crippen LogP) is 4.00. The molecule has 0 atom stereocenters. The number of hydrogen-bond acceptors (Lipinski definition) is 5. The number of aromatic nitrogens is 2. The minimum atomic E-state index is 0.344. The standard InChI is InChI=1S/C15H18BrN3O2/c1-3-7-17-13-9-15(19-14(18-13)10-20-2)21-12-6-4-5-11(16)8-12/h4-6,8-9H,3,7,10H2,1-2H3,(H,17,18,19). The maximum atomic E-state index is 5.79. The topological polar surface area (TPSA) is 56.3 Å². The fourth-order valence-corrected chi connectivity index (χ4v) is 2.09. The quantitative estimate of drug-likeness (QED) is 0.816. The lowest BCUT2D eigenvalue weighted by Crippen LogP contribution is -2.06. The SMILES string of the molecule is CCCNc1cc(Oc2cccc(Br)c2)nc(COC)n1. The Hall–Kier alpha value is -1.66. The van der Waals surface area contributed by atoms with E-state index in [9.17, 15) is 0 Å². The first-order valence-corrected chi connectivity index (χ1v) is 7.54. The number of nitrogens with one attached hydrogen (secondary N) is 1. The normalized spacial score (nSPS) is 10.4. The maximum Gasteiger partial charge on any atom is 0.224 e. The molecule has 6 heteroatoms. The zero-order valence-electron chi connectivity index (χ0n) is 12.1. The van der Waals surface area contributed by atoms with Crippen molar-refractivity contribution < 1.29 is 9.47 Å². The summed E-state index contributed by atoms with van der Waals surface area (Å²) < 4.78 is 11.8. The molecule has 0 aliphatic heterocycles. The average molecular weight is 352 g/mol. The third kappa shape index (κ3) is 4.99. The van der Waals surface area contributed by atoms with Gasteiger partial charge in [-0.15, -0.1) is 0 Å². The van der Waals surface area contributed by atoms with Gasteiger partial charge in [0.1, 0.15) is 18.2 Å². The zero-order chi connectivity index (χ0) is 15.1. The van der Waals surface area contributed by atoms with Crippen molar-refractivity contribution in [2.24, 2.45) is 0 Å². The third-order valence-corrected chi connectivity index (χ3v) is 3.09. The molecule has 0 fully saturated rings. The lowest BCUT2D eigenvalue weighted by molar-refractivity contribution is 0.177. The highest BCUT2D eigenvalue weighted by Crippen LogP contribution is 2.24. The van der Waals surface area contributed by atoms with Crippen LogP contribution in [0.25, 0.3) is 0 Å². The number of hydrogen-bond donors (Lipinski definition) is 1. The molecule has 0 spiro atoms. The summed E-state index contributed by atoms with van der Waals surface area (Å²) in [5, 5.41) is 3.23. The van der Waals surface area contributed by atoms with Crippen LogP contribution < -0.4 is 10.1 Å². The minimum absolute atomic E-state index is 0.344. The molecule has 1 heterocycles. The average Bonchev–Trinajstić information content (AvgIpc) is 2.45. The Morgan fingerprint density at radius 3 is 2.81 bits per heavy atom. The number of halogens is 1. The van der Waals surface area contributed by atoms with Gasteiger partial charge in [-0.3, -0.25) is 0 Å². The van der Waals surface area contributed by atoms with E-state index in [0.29, 0.717) is 24.1 Å². The summed E-state index contributed by atoms with van der Waals surface area (Å²) in [7, 11) is 1.62. The van der Waals surface area contributed by atoms with Crippen molar-refractivity contribution >= 4 is 21.7 Å². The van der Waals surface area contributed by atoms with Crippen molar-refractivity contribution in [3.05, 3.63) is 40.6 Å². The van der Waals surface area contributed by atoms with Crippen molar-refractivity contribution in [1.82, 2.24) is 9.97 Å². The van der Waals surface area contributed by atoms with E-state index in [1.54, 1.807) is 13.2 Å². The Bertz CT molecular complexity index is 593. The molecular formula is C15H18BrN3O2. The van der Waals surface area contributed by atoms with Gasteiger partial charge in [-0.05, 0) is 24.6 Å². The molecule has 5 nitrogen and oxygen atoms in total. The van der Waals surface area contributed by atoms with Crippen molar-refractivity contribution in [2.45, 2.75) is 20.0 Å². The second-order valence-electron chi connectivity index (χ2n) is 4.43. The molecule has 21 heavy (non-hydrogen) atoms. The minimum Gasteiger partial charge on any atom is -0.439 e. The van der Waals surface area contributed by atoms with E-state index < -0.39 is 0 Å². The second-order valence-corrected chi connectivity index (χ2v) is 5.34. The van der Waals surface area contributed by atoms with Gasteiger partial charge < -0.3 is 14.8 Å². The second kappa shape index (κ2) is 7.95. The number of ether oxygens (including phenoxy) is 2. The van der Waals surface area contributed by atoms with E-state index in [0.717, 1.165) is 23.3 Å². The van der Waals surface area contributed by atoms with Gasteiger partial charge >= 0.3 is 0 Å². The van der Waals surface area contributed by atoms with Gasteiger partial charge in [-0.1, -0.05) is 28.9 Å². The fraction of sp³-hybridized carbons (Fsp3) is 0.333. The van der Waals surface area contributed by atoms with E-state index in [1.807, 2.05) is 24.3 Å². The number of rotatable bonds is 7. The highest BCUT2D eigenvalue weighted by atomic mass is 79.9. The molecule has 0 amide bonds. The molecule has 1 aromatic carbocycles. The summed E-state index contributed by atoms with van der Waals surface area (Å²) in [6, 6.07) is 9.40. The number of methoxy groups -OCH3 is 1. The Morgan fingerprint density at radius 2 is 2.10 bits per heavy atom. The largest absolute Gasteiger partial charge is 0.439 e. The van der Waals surface area contributed by atoms with Crippen LogP contribution in [0.2, 0.25) is 0 Å². The van der Waals surface area contributed by atoms with Crippen LogP contribution >= 0.6 is 15.9 Å². The molecule has 0 radical (unpaired) electrons. The van der Waals surface area contributed by atoms with E-state index in [-0.39, 0.29) is 0 Å². The summed E-state index contributed by atoms with van der Waals surface area (Å²) in [5.41, 5.74) is 0. The van der Waals surface area contributed by atoms with Crippen LogP contribution in [-0.4, -0.2) is 23.6 Å². The summed E-state index contributed by atoms with van der Waals surface area (Å²) in [6.45, 7) is 3.29. The van der Waals surface area contributed by atoms with E-state index in [1.165, 1.54) is 0 Å². The maximum absolute atomic E-state index is 5.79. The van der Waals surface area contributed by atoms with Crippen molar-refractivity contribution in [1.29, 1.82) is 0 Å². The van der Waals surface area contributed by atoms with Crippen LogP contribution in [0.15, 0.2) is 34.8 Å². The smallest absolute Gasteiger partial charge is 0.224 e. The molecule has 0 saturated carbocycles. The van der Waals surface area contributed by atoms with E-state index >= 15 is 0 Å². The van der Waals surface area contributed by atoms with Crippen molar-refractivity contribution in [3.8, 4) is 11.6 Å². The first-order valence-electron chi connectivity index (χ1n) is 6.75. The van der Waals surface area contributed by atoms with Gasteiger partial charge in [-0.2, -0.15) is 4.98 Å². The molecule has 1 N–H and O–H groups in total. The van der Waals surface area contributed by atoms with Gasteiger partial charge in [-0.25, -0.2) is 4.98 Å². The Morgan fingerprint density at radius 1 is 1.24 bits per heavy atom. The fourth-order valence-electron chi connectivity index (χ4n) is 1.71. The molecule has 0 aliphatic rings. The molecule has 2 rings (SSSR count). The number of anilines is 1. The summed E-state index contributed by atoms with van der Waals surface area (Å²) in [5.74, 6) is 2.54. The van der Waals surface area contributed by atoms with Crippen LogP contribution in [0, 0.1) is 0 Å². The van der Waals surface area contributed by atoms with Crippen molar-refractivity contribution in [3.63, 3.8) is 0 Å². The lowest BCUT2D eigenvalue weighted by atomic mass is 10.3. The van der Waals surface area contributed by atoms with Crippen LogP contribution in [-0.2, 0) is 11.3 Å². The van der Waals surface area contributed by atoms with Gasteiger partial charge in [0.25, 0.3) is 0 Å². The zero-order valence-corrected chi connectivity index (χ0v) is 13.7. The molecule has 0 bridgehead atoms. The summed E-state index contributed by atoms with van der Waals surface area (Å²) in [4.78, 5) is 8.73. The summed E-state index contributed by atoms with van der Waals surface area (Å²) in [6.07, 6.45) is 1.02. The highest BCUT2D eigenvalue weighted by Gasteiger charge is 2.07. The van der Waals surface area contributed by atoms with Crippen LogP contribution in [0.5, 0.6) is 11.6 Å². The molecule has 1 aromatic heterocycles. The number of benzene rings is 1. The van der Waals surface area contributed by atoms with E-state index in [4.69, 9.17) is 9.47 Å². The first-order chi connectivity index (χ1) is 10.2. The van der Waals surface area contributed by atoms with Crippen LogP contribution in [0.3, 0.4) is 0 Å². The Kier molecular flexibility index (Phi) is 5.95. The van der Waals surface area contributed by atoms with E-state index in [2.05, 4.69) is 38.1 Å². The highest BCUT2D eigenvalue weighted by molar-refractivity contribution is 9.10. The third-order valence-electron chi connectivity index (χ3n) is 2.60. The van der Waals surface area contributed by atoms with Crippen molar-refractivity contribution in [2.75, 3.05) is 19.0 Å². The molecule has 0 saturated heterocycles. The molecule has 0 aliphatic carbocycles. The lowest BCUT2D eigenvalue weighted by Gasteiger charge is -2.10. The van der Waals surface area contributed by atoms with Gasteiger partial charge in [0, 0.05) is 24.2 Å². The Balaban J connectivity index is 2.22. The predicted molar refractivity (Wildman–Crippen MR) is 85.7 cm³/mol.